The molecule has 1 atom stereocenters. The smallest absolute Gasteiger partial charge is 0.264 e. The number of nitrogens with one attached hydrogen (secondary N) is 1. The van der Waals surface area contributed by atoms with E-state index in [0.717, 1.165) is 40.0 Å². The second kappa shape index (κ2) is 13.3. The van der Waals surface area contributed by atoms with Gasteiger partial charge in [-0.2, -0.15) is 0 Å². The van der Waals surface area contributed by atoms with Gasteiger partial charge < -0.3 is 15.0 Å². The van der Waals surface area contributed by atoms with Gasteiger partial charge in [0.1, 0.15) is 18.3 Å². The fourth-order valence-electron chi connectivity index (χ4n) is 4.82. The summed E-state index contributed by atoms with van der Waals surface area (Å²) in [6.45, 7) is 1.32. The van der Waals surface area contributed by atoms with Gasteiger partial charge in [0.05, 0.1) is 17.7 Å². The Hall–Kier alpha value is -3.37. The molecule has 10 heteroatoms. The number of benzene rings is 3. The van der Waals surface area contributed by atoms with Crippen molar-refractivity contribution in [3.8, 4) is 5.75 Å². The lowest BCUT2D eigenvalue weighted by atomic mass is 10.1. The summed E-state index contributed by atoms with van der Waals surface area (Å²) in [5.74, 6) is -0.307. The summed E-state index contributed by atoms with van der Waals surface area (Å²) in [7, 11) is -2.64. The third-order valence-electron chi connectivity index (χ3n) is 7.06. The predicted molar refractivity (Wildman–Crippen MR) is 159 cm³/mol. The Morgan fingerprint density at radius 2 is 1.70 bits per heavy atom. The van der Waals surface area contributed by atoms with Crippen LogP contribution < -0.4 is 14.4 Å². The van der Waals surface area contributed by atoms with Crippen molar-refractivity contribution in [1.82, 2.24) is 10.2 Å². The number of carbonyl (C=O) groups is 2. The molecule has 0 radical (unpaired) electrons. The number of methoxy groups -OCH3 is 1. The van der Waals surface area contributed by atoms with E-state index >= 15 is 0 Å². The standard InChI is InChI=1S/C30H34BrN3O5S/c1-22(30(36)32-25-12-6-7-13-25)33(20-23-10-8-11-24(31)18-23)29(35)21-34(26-14-9-15-27(19-26)39-2)40(37,38)28-16-4-3-5-17-28/h3-5,8-11,14-19,22,25H,6-7,12-13,20-21H2,1-2H3,(H,32,36). The lowest BCUT2D eigenvalue weighted by Crippen LogP contribution is -2.52. The third-order valence-corrected chi connectivity index (χ3v) is 9.34. The molecule has 8 nitrogen and oxygen atoms in total. The molecule has 1 fully saturated rings. The molecular formula is C30H34BrN3O5S. The van der Waals surface area contributed by atoms with Crippen molar-refractivity contribution in [3.05, 3.63) is 88.9 Å². The van der Waals surface area contributed by atoms with E-state index in [-0.39, 0.29) is 29.1 Å². The summed E-state index contributed by atoms with van der Waals surface area (Å²) in [5, 5.41) is 3.08. The lowest BCUT2D eigenvalue weighted by molar-refractivity contribution is -0.139. The van der Waals surface area contributed by atoms with E-state index in [1.54, 1.807) is 49.4 Å². The molecule has 3 aromatic rings. The highest BCUT2D eigenvalue weighted by Gasteiger charge is 2.33. The van der Waals surface area contributed by atoms with Crippen LogP contribution in [0.1, 0.15) is 38.2 Å². The molecule has 1 unspecified atom stereocenters. The van der Waals surface area contributed by atoms with E-state index in [0.29, 0.717) is 5.75 Å². The second-order valence-corrected chi connectivity index (χ2v) is 12.6. The number of halogens is 1. The minimum Gasteiger partial charge on any atom is -0.497 e. The molecule has 0 bridgehead atoms. The molecule has 1 aliphatic carbocycles. The van der Waals surface area contributed by atoms with Gasteiger partial charge in [0, 0.05) is 23.1 Å². The van der Waals surface area contributed by atoms with Crippen molar-refractivity contribution >= 4 is 43.5 Å². The monoisotopic (exact) mass is 627 g/mol. The Bertz CT molecular complexity index is 1430. The third kappa shape index (κ3) is 7.22. The van der Waals surface area contributed by atoms with Crippen LogP contribution in [-0.4, -0.2) is 50.9 Å². The van der Waals surface area contributed by atoms with E-state index in [2.05, 4.69) is 21.2 Å². The van der Waals surface area contributed by atoms with Crippen molar-refractivity contribution in [2.45, 2.75) is 56.1 Å². The summed E-state index contributed by atoms with van der Waals surface area (Å²) >= 11 is 3.47. The van der Waals surface area contributed by atoms with E-state index in [1.165, 1.54) is 24.1 Å². The normalized spacial score (nSPS) is 14.4. The lowest BCUT2D eigenvalue weighted by Gasteiger charge is -2.32. The number of hydrogen-bond donors (Lipinski definition) is 1. The summed E-state index contributed by atoms with van der Waals surface area (Å²) in [4.78, 5) is 28.8. The average Bonchev–Trinajstić information content (AvgIpc) is 3.47. The Labute approximate surface area is 244 Å². The SMILES string of the molecule is COc1cccc(N(CC(=O)N(Cc2cccc(Br)c2)C(C)C(=O)NC2CCCC2)S(=O)(=O)c2ccccc2)c1. The number of sulfonamides is 1. The van der Waals surface area contributed by atoms with E-state index in [4.69, 9.17) is 4.74 Å². The maximum Gasteiger partial charge on any atom is 0.264 e. The molecule has 0 aliphatic heterocycles. The van der Waals surface area contributed by atoms with Crippen LogP contribution in [0.15, 0.2) is 88.2 Å². The van der Waals surface area contributed by atoms with Gasteiger partial charge in [0.2, 0.25) is 11.8 Å². The van der Waals surface area contributed by atoms with Gasteiger partial charge in [-0.05, 0) is 61.7 Å². The van der Waals surface area contributed by atoms with Crippen LogP contribution in [0.2, 0.25) is 0 Å². The molecule has 212 valence electrons. The zero-order chi connectivity index (χ0) is 28.7. The fourth-order valence-corrected chi connectivity index (χ4v) is 6.69. The van der Waals surface area contributed by atoms with Crippen molar-refractivity contribution < 1.29 is 22.7 Å². The fraction of sp³-hybridized carbons (Fsp3) is 0.333. The van der Waals surface area contributed by atoms with Crippen LogP contribution >= 0.6 is 15.9 Å². The molecule has 0 heterocycles. The second-order valence-electron chi connectivity index (χ2n) is 9.84. The minimum absolute atomic E-state index is 0.0520. The highest BCUT2D eigenvalue weighted by Crippen LogP contribution is 2.28. The van der Waals surface area contributed by atoms with Crippen LogP contribution in [-0.2, 0) is 26.2 Å². The molecule has 0 aromatic heterocycles. The molecule has 4 rings (SSSR count). The zero-order valence-corrected chi connectivity index (χ0v) is 25.0. The maximum absolute atomic E-state index is 14.0. The zero-order valence-electron chi connectivity index (χ0n) is 22.6. The van der Waals surface area contributed by atoms with Gasteiger partial charge in [0.25, 0.3) is 10.0 Å². The van der Waals surface area contributed by atoms with Crippen LogP contribution in [0.3, 0.4) is 0 Å². The molecule has 40 heavy (non-hydrogen) atoms. The molecule has 0 spiro atoms. The first-order valence-corrected chi connectivity index (χ1v) is 15.5. The van der Waals surface area contributed by atoms with Crippen molar-refractivity contribution in [2.24, 2.45) is 0 Å². The first kappa shape index (κ1) is 29.6. The van der Waals surface area contributed by atoms with Crippen molar-refractivity contribution in [1.29, 1.82) is 0 Å². The largest absolute Gasteiger partial charge is 0.497 e. The summed E-state index contributed by atoms with van der Waals surface area (Å²) in [6.07, 6.45) is 3.95. The molecule has 2 amide bonds. The minimum atomic E-state index is -4.13. The topological polar surface area (TPSA) is 96.0 Å². The molecular weight excluding hydrogens is 594 g/mol. The number of carbonyl (C=O) groups excluding carboxylic acids is 2. The summed E-state index contributed by atoms with van der Waals surface area (Å²) in [5.41, 5.74) is 1.09. The van der Waals surface area contributed by atoms with Gasteiger partial charge in [-0.25, -0.2) is 8.42 Å². The van der Waals surface area contributed by atoms with Gasteiger partial charge in [-0.3, -0.25) is 13.9 Å². The van der Waals surface area contributed by atoms with E-state index in [1.807, 2.05) is 24.3 Å². The Morgan fingerprint density at radius 1 is 1.00 bits per heavy atom. The van der Waals surface area contributed by atoms with Gasteiger partial charge in [0.15, 0.2) is 0 Å². The highest BCUT2D eigenvalue weighted by atomic mass is 79.9. The number of nitrogens with zero attached hydrogens (tertiary/aromatic N) is 2. The van der Waals surface area contributed by atoms with Gasteiger partial charge >= 0.3 is 0 Å². The quantitative estimate of drug-likeness (QED) is 0.318. The molecule has 1 saturated carbocycles. The Balaban J connectivity index is 1.69. The van der Waals surface area contributed by atoms with Crippen LogP contribution in [0, 0.1) is 0 Å². The number of hydrogen-bond acceptors (Lipinski definition) is 5. The predicted octanol–water partition coefficient (Wildman–Crippen LogP) is 5.13. The molecule has 3 aromatic carbocycles. The number of amides is 2. The summed E-state index contributed by atoms with van der Waals surface area (Å²) in [6, 6.07) is 21.3. The van der Waals surface area contributed by atoms with Crippen LogP contribution in [0.25, 0.3) is 0 Å². The van der Waals surface area contributed by atoms with Crippen molar-refractivity contribution in [3.63, 3.8) is 0 Å². The average molecular weight is 629 g/mol. The number of rotatable bonds is 11. The van der Waals surface area contributed by atoms with E-state index in [9.17, 15) is 18.0 Å². The van der Waals surface area contributed by atoms with Gasteiger partial charge in [-0.15, -0.1) is 0 Å². The van der Waals surface area contributed by atoms with Gasteiger partial charge in [-0.1, -0.05) is 65.2 Å². The van der Waals surface area contributed by atoms with Crippen LogP contribution in [0.5, 0.6) is 5.75 Å². The Kier molecular flexibility index (Phi) is 9.86. The first-order chi connectivity index (χ1) is 19.2. The first-order valence-electron chi connectivity index (χ1n) is 13.2. The highest BCUT2D eigenvalue weighted by molar-refractivity contribution is 9.10. The maximum atomic E-state index is 14.0. The Morgan fingerprint density at radius 3 is 2.38 bits per heavy atom. The van der Waals surface area contributed by atoms with Crippen molar-refractivity contribution in [2.75, 3.05) is 18.0 Å². The molecule has 1 N–H and O–H groups in total. The summed E-state index contributed by atoms with van der Waals surface area (Å²) < 4.78 is 34.9. The molecule has 0 saturated heterocycles. The number of ether oxygens (including phenoxy) is 1. The molecule has 1 aliphatic rings. The number of anilines is 1. The van der Waals surface area contributed by atoms with Crippen LogP contribution in [0.4, 0.5) is 5.69 Å². The van der Waals surface area contributed by atoms with E-state index < -0.39 is 28.5 Å².